The monoisotopic (exact) mass is 347 g/mol. The summed E-state index contributed by atoms with van der Waals surface area (Å²) in [6.45, 7) is 0.0941. The summed E-state index contributed by atoms with van der Waals surface area (Å²) in [6, 6.07) is 17.4. The van der Waals surface area contributed by atoms with E-state index in [1.807, 2.05) is 36.4 Å². The van der Waals surface area contributed by atoms with Crippen molar-refractivity contribution in [1.82, 2.24) is 15.1 Å². The molecule has 0 radical (unpaired) electrons. The summed E-state index contributed by atoms with van der Waals surface area (Å²) >= 11 is 0. The molecule has 1 fully saturated rings. The van der Waals surface area contributed by atoms with Crippen molar-refractivity contribution in [2.75, 3.05) is 0 Å². The molecule has 4 rings (SSSR count). The number of amides is 1. The van der Waals surface area contributed by atoms with Gasteiger partial charge in [-0.1, -0.05) is 48.9 Å². The van der Waals surface area contributed by atoms with Crippen molar-refractivity contribution in [2.45, 2.75) is 31.8 Å². The fourth-order valence-electron chi connectivity index (χ4n) is 3.55. The van der Waals surface area contributed by atoms with Crippen LogP contribution in [-0.2, 0) is 11.3 Å². The second-order valence-corrected chi connectivity index (χ2v) is 6.83. The highest BCUT2D eigenvalue weighted by atomic mass is 16.2. The van der Waals surface area contributed by atoms with Gasteiger partial charge in [-0.05, 0) is 36.5 Å². The van der Waals surface area contributed by atoms with E-state index in [0.29, 0.717) is 16.8 Å². The zero-order valence-corrected chi connectivity index (χ0v) is 14.5. The van der Waals surface area contributed by atoms with Gasteiger partial charge in [0.15, 0.2) is 0 Å². The predicted molar refractivity (Wildman–Crippen MR) is 101 cm³/mol. The molecule has 26 heavy (non-hydrogen) atoms. The highest BCUT2D eigenvalue weighted by Crippen LogP contribution is 2.37. The Morgan fingerprint density at radius 3 is 2.58 bits per heavy atom. The van der Waals surface area contributed by atoms with E-state index in [1.54, 1.807) is 10.7 Å². The molecule has 0 spiro atoms. The van der Waals surface area contributed by atoms with Crippen molar-refractivity contribution in [3.05, 3.63) is 76.6 Å². The number of carbonyl (C=O) groups excluding carboxylic acids is 1. The van der Waals surface area contributed by atoms with E-state index in [0.717, 1.165) is 18.4 Å². The summed E-state index contributed by atoms with van der Waals surface area (Å²) in [6.07, 6.45) is 4.77. The van der Waals surface area contributed by atoms with Gasteiger partial charge < -0.3 is 5.32 Å². The molecule has 1 heterocycles. The van der Waals surface area contributed by atoms with E-state index in [9.17, 15) is 9.59 Å². The number of aromatic nitrogens is 2. The van der Waals surface area contributed by atoms with Crippen LogP contribution in [0.2, 0.25) is 0 Å². The molecule has 1 saturated carbocycles. The smallest absolute Gasteiger partial charge is 0.242 e. The number of hydrogen-bond donors (Lipinski definition) is 1. The third-order valence-corrected chi connectivity index (χ3v) is 5.15. The van der Waals surface area contributed by atoms with Crippen LogP contribution in [0.15, 0.2) is 65.6 Å². The molecule has 0 bridgehead atoms. The minimum absolute atomic E-state index is 0.0306. The number of benzene rings is 2. The molecular formula is C21H21N3O2. The van der Waals surface area contributed by atoms with Gasteiger partial charge in [-0.3, -0.25) is 14.3 Å². The van der Waals surface area contributed by atoms with E-state index < -0.39 is 0 Å². The first-order valence-corrected chi connectivity index (χ1v) is 9.01. The molecule has 5 nitrogen and oxygen atoms in total. The first kappa shape index (κ1) is 16.5. The van der Waals surface area contributed by atoms with Crippen LogP contribution in [-0.4, -0.2) is 15.7 Å². The average molecular weight is 347 g/mol. The standard InChI is InChI=1S/C21H21N3O2/c25-19-13-22-24(18-12-5-4-11-17(18)19)14-20(26)23-21(16-9-6-10-16)15-7-2-1-3-8-15/h1-5,7-8,11-13,16,21H,6,9-10,14H2,(H,23,26). The molecule has 5 heteroatoms. The average Bonchev–Trinajstić information content (AvgIpc) is 2.63. The molecule has 0 saturated heterocycles. The summed E-state index contributed by atoms with van der Waals surface area (Å²) in [5, 5.41) is 7.91. The van der Waals surface area contributed by atoms with Crippen LogP contribution in [0.3, 0.4) is 0 Å². The Morgan fingerprint density at radius 1 is 1.12 bits per heavy atom. The molecule has 2 aromatic carbocycles. The summed E-state index contributed by atoms with van der Waals surface area (Å²) in [4.78, 5) is 24.7. The predicted octanol–water partition coefficient (Wildman–Crippen LogP) is 3.05. The third-order valence-electron chi connectivity index (χ3n) is 5.15. The molecule has 1 aromatic heterocycles. The molecule has 1 aliphatic carbocycles. The van der Waals surface area contributed by atoms with Crippen LogP contribution in [0.1, 0.15) is 30.9 Å². The Labute approximate surface area is 151 Å². The molecule has 1 N–H and O–H groups in total. The molecule has 1 aliphatic rings. The van der Waals surface area contributed by atoms with Gasteiger partial charge in [0.05, 0.1) is 17.8 Å². The molecule has 3 aromatic rings. The SMILES string of the molecule is O=C(Cn1ncc(=O)c2ccccc21)NC(c1ccccc1)C1CCC1. The Morgan fingerprint density at radius 2 is 1.85 bits per heavy atom. The molecule has 1 unspecified atom stereocenters. The highest BCUT2D eigenvalue weighted by Gasteiger charge is 2.29. The normalized spacial score (nSPS) is 15.4. The number of rotatable bonds is 5. The number of hydrogen-bond acceptors (Lipinski definition) is 3. The van der Waals surface area contributed by atoms with Crippen LogP contribution in [0, 0.1) is 5.92 Å². The molecular weight excluding hydrogens is 326 g/mol. The maximum absolute atomic E-state index is 12.7. The lowest BCUT2D eigenvalue weighted by Crippen LogP contribution is -2.38. The fraction of sp³-hybridized carbons (Fsp3) is 0.286. The zero-order chi connectivity index (χ0) is 17.9. The number of para-hydroxylation sites is 1. The summed E-state index contributed by atoms with van der Waals surface area (Å²) < 4.78 is 1.59. The summed E-state index contributed by atoms with van der Waals surface area (Å²) in [7, 11) is 0. The molecule has 0 aliphatic heterocycles. The topological polar surface area (TPSA) is 64.0 Å². The van der Waals surface area contributed by atoms with Crippen molar-refractivity contribution >= 4 is 16.8 Å². The number of fused-ring (bicyclic) bond motifs is 1. The van der Waals surface area contributed by atoms with E-state index in [-0.39, 0.29) is 23.9 Å². The first-order chi connectivity index (χ1) is 12.7. The van der Waals surface area contributed by atoms with Gasteiger partial charge >= 0.3 is 0 Å². The highest BCUT2D eigenvalue weighted by molar-refractivity contribution is 5.81. The van der Waals surface area contributed by atoms with Crippen LogP contribution in [0.5, 0.6) is 0 Å². The number of carbonyl (C=O) groups is 1. The largest absolute Gasteiger partial charge is 0.347 e. The van der Waals surface area contributed by atoms with Gasteiger partial charge in [0.2, 0.25) is 11.3 Å². The van der Waals surface area contributed by atoms with Crippen LogP contribution < -0.4 is 10.7 Å². The molecule has 1 amide bonds. The van der Waals surface area contributed by atoms with Crippen LogP contribution >= 0.6 is 0 Å². The Hall–Kier alpha value is -2.95. The molecule has 132 valence electrons. The first-order valence-electron chi connectivity index (χ1n) is 9.01. The Bertz CT molecular complexity index is 977. The van der Waals surface area contributed by atoms with Gasteiger partial charge in [0.1, 0.15) is 6.54 Å². The maximum atomic E-state index is 12.7. The number of nitrogens with zero attached hydrogens (tertiary/aromatic N) is 2. The second-order valence-electron chi connectivity index (χ2n) is 6.83. The zero-order valence-electron chi connectivity index (χ0n) is 14.5. The van der Waals surface area contributed by atoms with Gasteiger partial charge in [-0.2, -0.15) is 5.10 Å². The van der Waals surface area contributed by atoms with Crippen molar-refractivity contribution in [3.8, 4) is 0 Å². The Balaban J connectivity index is 1.56. The van der Waals surface area contributed by atoms with Crippen molar-refractivity contribution in [2.24, 2.45) is 5.92 Å². The Kier molecular flexibility index (Phi) is 4.52. The quantitative estimate of drug-likeness (QED) is 0.771. The summed E-state index contributed by atoms with van der Waals surface area (Å²) in [5.74, 6) is 0.395. The lowest BCUT2D eigenvalue weighted by atomic mass is 9.77. The van der Waals surface area contributed by atoms with E-state index in [1.165, 1.54) is 12.6 Å². The van der Waals surface area contributed by atoms with Gasteiger partial charge in [0.25, 0.3) is 0 Å². The van der Waals surface area contributed by atoms with Crippen molar-refractivity contribution < 1.29 is 4.79 Å². The van der Waals surface area contributed by atoms with E-state index in [2.05, 4.69) is 22.5 Å². The fourth-order valence-corrected chi connectivity index (χ4v) is 3.55. The van der Waals surface area contributed by atoms with Crippen LogP contribution in [0.25, 0.3) is 10.9 Å². The van der Waals surface area contributed by atoms with Crippen molar-refractivity contribution in [3.63, 3.8) is 0 Å². The lowest BCUT2D eigenvalue weighted by molar-refractivity contribution is -0.123. The third kappa shape index (κ3) is 3.25. The van der Waals surface area contributed by atoms with Crippen molar-refractivity contribution in [1.29, 1.82) is 0 Å². The maximum Gasteiger partial charge on any atom is 0.242 e. The van der Waals surface area contributed by atoms with E-state index in [4.69, 9.17) is 0 Å². The second kappa shape index (κ2) is 7.12. The lowest BCUT2D eigenvalue weighted by Gasteiger charge is -2.34. The van der Waals surface area contributed by atoms with E-state index >= 15 is 0 Å². The van der Waals surface area contributed by atoms with Gasteiger partial charge in [-0.25, -0.2) is 0 Å². The van der Waals surface area contributed by atoms with Crippen LogP contribution in [0.4, 0.5) is 0 Å². The minimum Gasteiger partial charge on any atom is -0.347 e. The van der Waals surface area contributed by atoms with Gasteiger partial charge in [0, 0.05) is 5.39 Å². The molecule has 1 atom stereocenters. The minimum atomic E-state index is -0.131. The summed E-state index contributed by atoms with van der Waals surface area (Å²) in [5.41, 5.74) is 1.69. The number of nitrogens with one attached hydrogen (secondary N) is 1. The van der Waals surface area contributed by atoms with Gasteiger partial charge in [-0.15, -0.1) is 0 Å².